The SMILES string of the molecule is O=C(/C=C/c1cccnc1)NCCCCC1CCN(C(=O)c2ccc(N3CCC(N4CCN(C(=O)COCCOCCOCCOCCOCCSc5cccc6c5CN(C5CCC(=O)NC5=O)C6=O)CC4)CC3)nc2)CC1. The van der Waals surface area contributed by atoms with Crippen molar-refractivity contribution in [1.29, 1.82) is 0 Å². The maximum absolute atomic E-state index is 13.4. The van der Waals surface area contributed by atoms with Crippen molar-refractivity contribution in [3.63, 3.8) is 0 Å². The highest BCUT2D eigenvalue weighted by Gasteiger charge is 2.40. The van der Waals surface area contributed by atoms with E-state index < -0.39 is 11.9 Å². The quantitative estimate of drug-likeness (QED) is 0.0434. The van der Waals surface area contributed by atoms with Crippen LogP contribution in [0.2, 0.25) is 0 Å². The standard InChI is InChI=1S/C57H77N9O11S/c67-52(13-9-44-6-4-19-58-39-44)59-20-2-1-5-43-15-21-65(22-16-43)56(71)45-10-12-51(60-40-45)63-23-17-46(18-24-63)62-25-27-64(28-26-62)54(69)42-77-36-35-75-32-31-73-29-30-74-33-34-76-37-38-78-50-8-3-7-47-48(50)41-66(57(47)72)49-11-14-53(68)61-55(49)70/h3-4,6-10,12-13,19,39-40,43,46,49H,1-2,5,11,14-18,20-38,41-42H2,(H,59,67)(H,61,68,70)/b13-9+. The number of imide groups is 1. The zero-order chi connectivity index (χ0) is 54.3. The lowest BCUT2D eigenvalue weighted by Gasteiger charge is -2.43. The van der Waals surface area contributed by atoms with Gasteiger partial charge in [-0.2, -0.15) is 0 Å². The summed E-state index contributed by atoms with van der Waals surface area (Å²) in [4.78, 5) is 95.4. The lowest BCUT2D eigenvalue weighted by Crippen LogP contribution is -2.55. The van der Waals surface area contributed by atoms with Crippen LogP contribution in [0, 0.1) is 5.92 Å². The van der Waals surface area contributed by atoms with Crippen LogP contribution in [0.15, 0.2) is 72.0 Å². The molecule has 0 radical (unpaired) electrons. The summed E-state index contributed by atoms with van der Waals surface area (Å²) in [5, 5.41) is 5.31. The topological polar surface area (TPSA) is 215 Å². The minimum absolute atomic E-state index is 0.00239. The Hall–Kier alpha value is -5.81. The third-order valence-electron chi connectivity index (χ3n) is 15.1. The van der Waals surface area contributed by atoms with Crippen molar-refractivity contribution in [3.8, 4) is 0 Å². The van der Waals surface area contributed by atoms with Crippen LogP contribution in [0.3, 0.4) is 0 Å². The van der Waals surface area contributed by atoms with Gasteiger partial charge in [0.1, 0.15) is 18.5 Å². The number of pyridine rings is 2. The summed E-state index contributed by atoms with van der Waals surface area (Å²) in [6, 6.07) is 13.1. The Morgan fingerprint density at radius 1 is 0.731 bits per heavy atom. The molecule has 2 aromatic heterocycles. The summed E-state index contributed by atoms with van der Waals surface area (Å²) in [6.07, 6.45) is 16.2. The van der Waals surface area contributed by atoms with Gasteiger partial charge in [-0.15, -0.1) is 11.8 Å². The van der Waals surface area contributed by atoms with Crippen LogP contribution >= 0.6 is 11.8 Å². The molecule has 8 rings (SSSR count). The Morgan fingerprint density at radius 2 is 1.45 bits per heavy atom. The van der Waals surface area contributed by atoms with E-state index in [9.17, 15) is 28.8 Å². The minimum Gasteiger partial charge on any atom is -0.378 e. The second-order valence-electron chi connectivity index (χ2n) is 20.2. The van der Waals surface area contributed by atoms with E-state index in [1.807, 2.05) is 46.2 Å². The van der Waals surface area contributed by atoms with Gasteiger partial charge in [-0.3, -0.25) is 44.0 Å². The molecule has 0 aliphatic carbocycles. The minimum atomic E-state index is -0.633. The van der Waals surface area contributed by atoms with E-state index >= 15 is 0 Å². The molecule has 0 bridgehead atoms. The normalized spacial score (nSPS) is 18.7. The average Bonchev–Trinajstić information content (AvgIpc) is 4.03. The zero-order valence-electron chi connectivity index (χ0n) is 44.9. The molecule has 6 amide bonds. The molecule has 2 N–H and O–H groups in total. The number of nitrogens with one attached hydrogen (secondary N) is 2. The van der Waals surface area contributed by atoms with Crippen LogP contribution in [-0.4, -0.2) is 208 Å². The van der Waals surface area contributed by atoms with E-state index in [-0.39, 0.29) is 42.6 Å². The number of fused-ring (bicyclic) bond motifs is 1. The van der Waals surface area contributed by atoms with Gasteiger partial charge >= 0.3 is 0 Å². The molecule has 21 heteroatoms. The fourth-order valence-corrected chi connectivity index (χ4v) is 11.6. The van der Waals surface area contributed by atoms with Crippen LogP contribution in [-0.2, 0) is 49.4 Å². The van der Waals surface area contributed by atoms with Crippen LogP contribution < -0.4 is 15.5 Å². The summed E-state index contributed by atoms with van der Waals surface area (Å²) >= 11 is 1.61. The van der Waals surface area contributed by atoms with E-state index in [0.29, 0.717) is 121 Å². The number of aromatic nitrogens is 2. The number of amides is 6. The van der Waals surface area contributed by atoms with Gasteiger partial charge in [0.05, 0.1) is 65.0 Å². The third-order valence-corrected chi connectivity index (χ3v) is 16.1. The van der Waals surface area contributed by atoms with E-state index in [1.54, 1.807) is 53.5 Å². The number of carbonyl (C=O) groups is 6. The van der Waals surface area contributed by atoms with Crippen LogP contribution in [0.5, 0.6) is 0 Å². The average molecular weight is 1100 g/mol. The predicted octanol–water partition coefficient (Wildman–Crippen LogP) is 4.08. The molecule has 78 heavy (non-hydrogen) atoms. The Kier molecular flexibility index (Phi) is 23.3. The molecule has 4 fully saturated rings. The molecule has 1 atom stereocenters. The molecule has 4 saturated heterocycles. The molecule has 0 spiro atoms. The van der Waals surface area contributed by atoms with Crippen molar-refractivity contribution in [2.75, 3.05) is 136 Å². The second kappa shape index (κ2) is 31.1. The van der Waals surface area contributed by atoms with Crippen LogP contribution in [0.25, 0.3) is 6.08 Å². The van der Waals surface area contributed by atoms with E-state index in [1.165, 1.54) is 0 Å². The highest BCUT2D eigenvalue weighted by atomic mass is 32.2. The van der Waals surface area contributed by atoms with E-state index in [4.69, 9.17) is 28.7 Å². The van der Waals surface area contributed by atoms with Gasteiger partial charge < -0.3 is 48.6 Å². The lowest BCUT2D eigenvalue weighted by atomic mass is 9.91. The van der Waals surface area contributed by atoms with Gasteiger partial charge in [0.15, 0.2) is 0 Å². The summed E-state index contributed by atoms with van der Waals surface area (Å²) < 4.78 is 28.2. The second-order valence-corrected chi connectivity index (χ2v) is 21.4. The molecule has 0 saturated carbocycles. The Bertz CT molecular complexity index is 2450. The predicted molar refractivity (Wildman–Crippen MR) is 294 cm³/mol. The third kappa shape index (κ3) is 17.6. The molecule has 3 aromatic rings. The molecule has 1 unspecified atom stereocenters. The number of ether oxygens (including phenoxy) is 5. The first kappa shape index (κ1) is 58.3. The van der Waals surface area contributed by atoms with Crippen molar-refractivity contribution in [2.24, 2.45) is 5.92 Å². The number of anilines is 1. The number of unbranched alkanes of at least 4 members (excludes halogenated alkanes) is 1. The van der Waals surface area contributed by atoms with Crippen molar-refractivity contribution in [2.45, 2.75) is 81.3 Å². The number of piperazine rings is 1. The highest BCUT2D eigenvalue weighted by Crippen LogP contribution is 2.34. The van der Waals surface area contributed by atoms with Gasteiger partial charge in [-0.05, 0) is 92.0 Å². The Balaban J connectivity index is 0.577. The summed E-state index contributed by atoms with van der Waals surface area (Å²) in [5.41, 5.74) is 3.04. The van der Waals surface area contributed by atoms with Crippen LogP contribution in [0.4, 0.5) is 5.82 Å². The Labute approximate surface area is 462 Å². The van der Waals surface area contributed by atoms with Crippen molar-refractivity contribution in [1.82, 2.24) is 40.2 Å². The molecule has 422 valence electrons. The Morgan fingerprint density at radius 3 is 2.13 bits per heavy atom. The summed E-state index contributed by atoms with van der Waals surface area (Å²) in [6.45, 7) is 11.2. The number of nitrogens with zero attached hydrogens (tertiary/aromatic N) is 7. The summed E-state index contributed by atoms with van der Waals surface area (Å²) in [7, 11) is 0. The van der Waals surface area contributed by atoms with E-state index in [2.05, 4.69) is 25.4 Å². The fraction of sp³-hybridized carbons (Fsp3) is 0.579. The van der Waals surface area contributed by atoms with Gasteiger partial charge in [-0.1, -0.05) is 25.0 Å². The van der Waals surface area contributed by atoms with Crippen LogP contribution in [0.1, 0.15) is 89.6 Å². The molecule has 20 nitrogen and oxygen atoms in total. The van der Waals surface area contributed by atoms with Gasteiger partial charge in [0, 0.05) is 119 Å². The molecule has 7 heterocycles. The number of hydrogen-bond donors (Lipinski definition) is 2. The first-order chi connectivity index (χ1) is 38.2. The van der Waals surface area contributed by atoms with Gasteiger partial charge in [0.25, 0.3) is 11.8 Å². The number of thioether (sulfide) groups is 1. The molecule has 1 aromatic carbocycles. The fourth-order valence-electron chi connectivity index (χ4n) is 10.6. The maximum Gasteiger partial charge on any atom is 0.255 e. The number of rotatable bonds is 29. The van der Waals surface area contributed by atoms with Crippen molar-refractivity contribution < 1.29 is 52.5 Å². The monoisotopic (exact) mass is 1100 g/mol. The van der Waals surface area contributed by atoms with E-state index in [0.717, 1.165) is 106 Å². The number of carbonyl (C=O) groups excluding carboxylic acids is 6. The number of likely N-dealkylation sites (tertiary alicyclic amines) is 1. The number of hydrogen-bond acceptors (Lipinski definition) is 16. The first-order valence-electron chi connectivity index (χ1n) is 27.9. The van der Waals surface area contributed by atoms with Gasteiger partial charge in [0.2, 0.25) is 23.6 Å². The highest BCUT2D eigenvalue weighted by molar-refractivity contribution is 7.99. The smallest absolute Gasteiger partial charge is 0.255 e. The largest absolute Gasteiger partial charge is 0.378 e. The number of piperidine rings is 3. The van der Waals surface area contributed by atoms with Crippen molar-refractivity contribution >= 4 is 59.1 Å². The van der Waals surface area contributed by atoms with Crippen molar-refractivity contribution in [3.05, 3.63) is 89.4 Å². The molecule has 5 aliphatic rings. The van der Waals surface area contributed by atoms with Gasteiger partial charge in [-0.25, -0.2) is 4.98 Å². The maximum atomic E-state index is 13.4. The lowest BCUT2D eigenvalue weighted by molar-refractivity contribution is -0.139. The first-order valence-corrected chi connectivity index (χ1v) is 28.8. The molecule has 5 aliphatic heterocycles. The molecular weight excluding hydrogens is 1020 g/mol. The molecular formula is C57H77N9O11S. The zero-order valence-corrected chi connectivity index (χ0v) is 45.7. The number of benzene rings is 1. The summed E-state index contributed by atoms with van der Waals surface area (Å²) in [5.74, 6) is 1.26.